The van der Waals surface area contributed by atoms with E-state index in [4.69, 9.17) is 17.3 Å². The lowest BCUT2D eigenvalue weighted by molar-refractivity contribution is 0.221. The Morgan fingerprint density at radius 2 is 1.88 bits per heavy atom. The van der Waals surface area contributed by atoms with Crippen LogP contribution in [-0.4, -0.2) is 6.54 Å². The van der Waals surface area contributed by atoms with E-state index in [9.17, 15) is 8.78 Å². The summed E-state index contributed by atoms with van der Waals surface area (Å²) >= 11 is 5.88. The summed E-state index contributed by atoms with van der Waals surface area (Å²) in [5.41, 5.74) is 5.53. The highest BCUT2D eigenvalue weighted by Gasteiger charge is 2.41. The Balaban J connectivity index is 2.49. The molecule has 0 radical (unpaired) electrons. The van der Waals surface area contributed by atoms with Crippen LogP contribution < -0.4 is 5.73 Å². The monoisotopic (exact) mass is 245 g/mol. The number of benzene rings is 1. The van der Waals surface area contributed by atoms with E-state index in [1.807, 2.05) is 0 Å². The Labute approximate surface area is 98.6 Å². The number of nitrogens with two attached hydrogens (primary N) is 1. The molecule has 1 aliphatic carbocycles. The van der Waals surface area contributed by atoms with Crippen molar-refractivity contribution >= 4 is 11.6 Å². The molecule has 4 heteroatoms. The van der Waals surface area contributed by atoms with Crippen molar-refractivity contribution in [2.75, 3.05) is 6.54 Å². The molecule has 1 aliphatic rings. The van der Waals surface area contributed by atoms with E-state index >= 15 is 0 Å². The first-order valence-electron chi connectivity index (χ1n) is 5.45. The molecule has 0 unspecified atom stereocenters. The first kappa shape index (κ1) is 11.8. The minimum atomic E-state index is -0.554. The van der Waals surface area contributed by atoms with Crippen LogP contribution in [0.3, 0.4) is 0 Å². The Bertz CT molecular complexity index is 402. The van der Waals surface area contributed by atoms with E-state index in [0.717, 1.165) is 31.4 Å². The molecule has 0 bridgehead atoms. The van der Waals surface area contributed by atoms with Crippen molar-refractivity contribution in [2.45, 2.75) is 31.1 Å². The molecule has 16 heavy (non-hydrogen) atoms. The third kappa shape index (κ3) is 1.72. The predicted molar refractivity (Wildman–Crippen MR) is 60.6 cm³/mol. The third-order valence-corrected chi connectivity index (χ3v) is 3.88. The molecular formula is C12H14ClF2N. The summed E-state index contributed by atoms with van der Waals surface area (Å²) in [5.74, 6) is -0.971. The number of hydrogen-bond acceptors (Lipinski definition) is 1. The van der Waals surface area contributed by atoms with E-state index in [1.165, 1.54) is 0 Å². The summed E-state index contributed by atoms with van der Waals surface area (Å²) in [4.78, 5) is 0. The Morgan fingerprint density at radius 3 is 2.38 bits per heavy atom. The molecule has 1 nitrogen and oxygen atoms in total. The minimum Gasteiger partial charge on any atom is -0.330 e. The largest absolute Gasteiger partial charge is 0.330 e. The Hall–Kier alpha value is -0.670. The van der Waals surface area contributed by atoms with Crippen LogP contribution in [0, 0.1) is 11.6 Å². The van der Waals surface area contributed by atoms with Gasteiger partial charge in [-0.1, -0.05) is 18.0 Å². The maximum atomic E-state index is 13.8. The Morgan fingerprint density at radius 1 is 1.25 bits per heavy atom. The predicted octanol–water partition coefficient (Wildman–Crippen LogP) is 3.39. The van der Waals surface area contributed by atoms with Crippen molar-refractivity contribution < 1.29 is 8.78 Å². The molecule has 0 spiro atoms. The molecule has 0 aliphatic heterocycles. The zero-order valence-corrected chi connectivity index (χ0v) is 9.66. The quantitative estimate of drug-likeness (QED) is 0.812. The summed E-state index contributed by atoms with van der Waals surface area (Å²) in [5, 5.41) is -0.0758. The molecule has 0 aromatic heterocycles. The first-order valence-corrected chi connectivity index (χ1v) is 5.82. The van der Waals surface area contributed by atoms with Gasteiger partial charge in [-0.2, -0.15) is 0 Å². The second-order valence-electron chi connectivity index (χ2n) is 4.39. The lowest BCUT2D eigenvalue weighted by Crippen LogP contribution is -2.37. The van der Waals surface area contributed by atoms with E-state index in [1.54, 1.807) is 0 Å². The standard InChI is InChI=1S/C12H14ClF2N/c13-11-9(15)3-2-8(14)10(11)12(6-7-16)4-1-5-12/h2-3H,1,4-7,16H2. The van der Waals surface area contributed by atoms with Crippen LogP contribution in [-0.2, 0) is 5.41 Å². The summed E-state index contributed by atoms with van der Waals surface area (Å²) in [6, 6.07) is 2.21. The van der Waals surface area contributed by atoms with Crippen LogP contribution in [0.5, 0.6) is 0 Å². The smallest absolute Gasteiger partial charge is 0.142 e. The van der Waals surface area contributed by atoms with Crippen molar-refractivity contribution in [3.8, 4) is 0 Å². The summed E-state index contributed by atoms with van der Waals surface area (Å²) in [6.45, 7) is 0.465. The van der Waals surface area contributed by atoms with Crippen molar-refractivity contribution in [1.29, 1.82) is 0 Å². The maximum Gasteiger partial charge on any atom is 0.142 e. The summed E-state index contributed by atoms with van der Waals surface area (Å²) in [6.07, 6.45) is 3.36. The van der Waals surface area contributed by atoms with Crippen molar-refractivity contribution in [1.82, 2.24) is 0 Å². The molecule has 2 N–H and O–H groups in total. The van der Waals surface area contributed by atoms with Crippen LogP contribution in [0.15, 0.2) is 12.1 Å². The van der Waals surface area contributed by atoms with Gasteiger partial charge in [0.2, 0.25) is 0 Å². The van der Waals surface area contributed by atoms with E-state index in [2.05, 4.69) is 0 Å². The SMILES string of the molecule is NCCC1(c2c(F)ccc(F)c2Cl)CCC1. The van der Waals surface area contributed by atoms with Crippen LogP contribution >= 0.6 is 11.6 Å². The normalized spacial score (nSPS) is 18.2. The molecule has 1 aromatic rings. The number of rotatable bonds is 3. The van der Waals surface area contributed by atoms with Gasteiger partial charge < -0.3 is 5.73 Å². The molecule has 0 amide bonds. The van der Waals surface area contributed by atoms with Gasteiger partial charge in [0, 0.05) is 11.0 Å². The molecule has 0 saturated heterocycles. The molecule has 0 heterocycles. The highest BCUT2D eigenvalue weighted by Crippen LogP contribution is 2.49. The second-order valence-corrected chi connectivity index (χ2v) is 4.77. The lowest BCUT2D eigenvalue weighted by Gasteiger charge is -2.43. The van der Waals surface area contributed by atoms with Gasteiger partial charge in [0.15, 0.2) is 0 Å². The third-order valence-electron chi connectivity index (χ3n) is 3.51. The highest BCUT2D eigenvalue weighted by atomic mass is 35.5. The highest BCUT2D eigenvalue weighted by molar-refractivity contribution is 6.31. The minimum absolute atomic E-state index is 0.0758. The van der Waals surface area contributed by atoms with Gasteiger partial charge >= 0.3 is 0 Å². The molecule has 1 fully saturated rings. The molecule has 0 atom stereocenters. The van der Waals surface area contributed by atoms with Crippen LogP contribution in [0.1, 0.15) is 31.2 Å². The maximum absolute atomic E-state index is 13.8. The van der Waals surface area contributed by atoms with Crippen molar-refractivity contribution in [3.63, 3.8) is 0 Å². The Kier molecular flexibility index (Phi) is 3.17. The fraction of sp³-hybridized carbons (Fsp3) is 0.500. The van der Waals surface area contributed by atoms with Gasteiger partial charge in [0.1, 0.15) is 11.6 Å². The summed E-state index contributed by atoms with van der Waals surface area (Å²) in [7, 11) is 0. The number of halogens is 3. The van der Waals surface area contributed by atoms with E-state index in [0.29, 0.717) is 18.5 Å². The molecular weight excluding hydrogens is 232 g/mol. The van der Waals surface area contributed by atoms with Gasteiger partial charge in [0.25, 0.3) is 0 Å². The van der Waals surface area contributed by atoms with Gasteiger partial charge in [-0.05, 0) is 37.9 Å². The van der Waals surface area contributed by atoms with E-state index in [-0.39, 0.29) is 10.4 Å². The molecule has 88 valence electrons. The molecule has 1 saturated carbocycles. The topological polar surface area (TPSA) is 26.0 Å². The van der Waals surface area contributed by atoms with Crippen molar-refractivity contribution in [2.24, 2.45) is 5.73 Å². The van der Waals surface area contributed by atoms with Gasteiger partial charge in [0.05, 0.1) is 5.02 Å². The van der Waals surface area contributed by atoms with Gasteiger partial charge in [-0.15, -0.1) is 0 Å². The summed E-state index contributed by atoms with van der Waals surface area (Å²) < 4.78 is 27.1. The molecule has 1 aromatic carbocycles. The van der Waals surface area contributed by atoms with E-state index < -0.39 is 11.6 Å². The second kappa shape index (κ2) is 4.30. The average molecular weight is 246 g/mol. The fourth-order valence-corrected chi connectivity index (χ4v) is 2.87. The van der Waals surface area contributed by atoms with Gasteiger partial charge in [-0.3, -0.25) is 0 Å². The van der Waals surface area contributed by atoms with Gasteiger partial charge in [-0.25, -0.2) is 8.78 Å². The van der Waals surface area contributed by atoms with Crippen LogP contribution in [0.2, 0.25) is 5.02 Å². The first-order chi connectivity index (χ1) is 7.60. The lowest BCUT2D eigenvalue weighted by atomic mass is 9.62. The zero-order valence-electron chi connectivity index (χ0n) is 8.90. The van der Waals surface area contributed by atoms with Crippen molar-refractivity contribution in [3.05, 3.63) is 34.4 Å². The van der Waals surface area contributed by atoms with Crippen LogP contribution in [0.25, 0.3) is 0 Å². The average Bonchev–Trinajstić information content (AvgIpc) is 2.20. The number of hydrogen-bond donors (Lipinski definition) is 1. The molecule has 2 rings (SSSR count). The fourth-order valence-electron chi connectivity index (χ4n) is 2.52. The zero-order chi connectivity index (χ0) is 11.8. The van der Waals surface area contributed by atoms with Crippen LogP contribution in [0.4, 0.5) is 8.78 Å².